The summed E-state index contributed by atoms with van der Waals surface area (Å²) in [5.74, 6) is 0. The van der Waals surface area contributed by atoms with Crippen LogP contribution in [-0.4, -0.2) is 0 Å². The highest BCUT2D eigenvalue weighted by molar-refractivity contribution is 7.25. The highest BCUT2D eigenvalue weighted by atomic mass is 32.1. The van der Waals surface area contributed by atoms with Crippen LogP contribution in [0.15, 0.2) is 94.3 Å². The highest BCUT2D eigenvalue weighted by Crippen LogP contribution is 2.32. The number of hydrogen-bond donors (Lipinski definition) is 0. The third-order valence-corrected chi connectivity index (χ3v) is 5.54. The van der Waals surface area contributed by atoms with Crippen molar-refractivity contribution >= 4 is 54.2 Å². The summed E-state index contributed by atoms with van der Waals surface area (Å²) >= 11 is 5.29. The Hall–Kier alpha value is -1.94. The maximum absolute atomic E-state index is 2.19. The third kappa shape index (κ3) is 4.52. The van der Waals surface area contributed by atoms with Crippen LogP contribution in [0.5, 0.6) is 0 Å². The van der Waals surface area contributed by atoms with Gasteiger partial charge in [0.05, 0.1) is 0 Å². The van der Waals surface area contributed by atoms with E-state index in [0.29, 0.717) is 0 Å². The molecule has 0 bridgehead atoms. The lowest BCUT2D eigenvalue weighted by Gasteiger charge is -1.88. The van der Waals surface area contributed by atoms with E-state index in [1.807, 2.05) is 57.1 Å². The number of thiophene rings is 3. The van der Waals surface area contributed by atoms with Crippen molar-refractivity contribution in [2.75, 3.05) is 0 Å². The molecule has 3 heterocycles. The molecule has 3 heteroatoms. The monoisotopic (exact) mass is 352 g/mol. The molecule has 0 atom stereocenters. The molecule has 5 aromatic rings. The van der Waals surface area contributed by atoms with Crippen LogP contribution in [0.4, 0.5) is 0 Å². The summed E-state index contributed by atoms with van der Waals surface area (Å²) in [4.78, 5) is 0. The summed E-state index contributed by atoms with van der Waals surface area (Å²) in [6, 6.07) is 25.2. The summed E-state index contributed by atoms with van der Waals surface area (Å²) in [5.41, 5.74) is 0. The average molecular weight is 353 g/mol. The van der Waals surface area contributed by atoms with E-state index >= 15 is 0 Å². The molecule has 0 aliphatic heterocycles. The first-order chi connectivity index (χ1) is 11.4. The molecule has 0 fully saturated rings. The van der Waals surface area contributed by atoms with Crippen LogP contribution < -0.4 is 0 Å². The second-order valence-electron chi connectivity index (χ2n) is 4.68. The van der Waals surface area contributed by atoms with E-state index in [9.17, 15) is 0 Å². The maximum atomic E-state index is 2.19. The quantitative estimate of drug-likeness (QED) is 0.270. The van der Waals surface area contributed by atoms with Crippen molar-refractivity contribution < 1.29 is 0 Å². The van der Waals surface area contributed by atoms with Crippen molar-refractivity contribution in [2.45, 2.75) is 0 Å². The maximum Gasteiger partial charge on any atom is 0.0355 e. The lowest BCUT2D eigenvalue weighted by Crippen LogP contribution is -1.62. The minimum Gasteiger partial charge on any atom is -0.152 e. The van der Waals surface area contributed by atoms with Crippen LogP contribution in [0.1, 0.15) is 0 Å². The molecule has 0 N–H and O–H groups in total. The van der Waals surface area contributed by atoms with Crippen LogP contribution in [0.2, 0.25) is 0 Å². The van der Waals surface area contributed by atoms with E-state index in [0.717, 1.165) is 0 Å². The standard InChI is InChI=1S/C12H8S.2C4H4S/c1-3-7-11-9(5-1)10-6-2-4-8-12(10)13-11;2*1-2-4-5-3-1/h1-8H;2*1-4H. The van der Waals surface area contributed by atoms with E-state index in [1.54, 1.807) is 22.7 Å². The van der Waals surface area contributed by atoms with Crippen molar-refractivity contribution in [2.24, 2.45) is 0 Å². The zero-order valence-electron chi connectivity index (χ0n) is 12.5. The van der Waals surface area contributed by atoms with E-state index in [4.69, 9.17) is 0 Å². The number of rotatable bonds is 0. The smallest absolute Gasteiger partial charge is 0.0355 e. The Morgan fingerprint density at radius 1 is 0.435 bits per heavy atom. The molecule has 5 rings (SSSR count). The summed E-state index contributed by atoms with van der Waals surface area (Å²) in [7, 11) is 0. The van der Waals surface area contributed by atoms with Gasteiger partial charge in [-0.25, -0.2) is 0 Å². The Kier molecular flexibility index (Phi) is 5.98. The molecule has 23 heavy (non-hydrogen) atoms. The van der Waals surface area contributed by atoms with Gasteiger partial charge in [0, 0.05) is 20.2 Å². The number of benzene rings is 2. The molecule has 114 valence electrons. The molecule has 2 aromatic carbocycles. The fourth-order valence-corrected chi connectivity index (χ4v) is 4.14. The molecule has 0 radical (unpaired) electrons. The summed E-state index contributed by atoms with van der Waals surface area (Å²) in [6.07, 6.45) is 0. The number of hydrogen-bond acceptors (Lipinski definition) is 3. The van der Waals surface area contributed by atoms with Crippen LogP contribution in [-0.2, 0) is 0 Å². The fraction of sp³-hybridized carbons (Fsp3) is 0. The van der Waals surface area contributed by atoms with E-state index < -0.39 is 0 Å². The Morgan fingerprint density at radius 2 is 0.826 bits per heavy atom. The van der Waals surface area contributed by atoms with Gasteiger partial charge in [-0.2, -0.15) is 22.7 Å². The van der Waals surface area contributed by atoms with Gasteiger partial charge in [-0.05, 0) is 33.7 Å². The van der Waals surface area contributed by atoms with Gasteiger partial charge in [-0.3, -0.25) is 0 Å². The second-order valence-corrected chi connectivity index (χ2v) is 7.40. The van der Waals surface area contributed by atoms with Crippen molar-refractivity contribution in [1.82, 2.24) is 0 Å². The van der Waals surface area contributed by atoms with Crippen LogP contribution in [0, 0.1) is 0 Å². The first kappa shape index (κ1) is 15.9. The van der Waals surface area contributed by atoms with E-state index in [1.165, 1.54) is 20.2 Å². The Labute approximate surface area is 148 Å². The van der Waals surface area contributed by atoms with Crippen LogP contribution in [0.3, 0.4) is 0 Å². The van der Waals surface area contributed by atoms with Gasteiger partial charge in [-0.15, -0.1) is 11.3 Å². The Morgan fingerprint density at radius 3 is 1.17 bits per heavy atom. The van der Waals surface area contributed by atoms with Crippen molar-refractivity contribution in [3.05, 3.63) is 94.3 Å². The molecule has 0 amide bonds. The molecule has 0 saturated carbocycles. The van der Waals surface area contributed by atoms with Gasteiger partial charge in [0.25, 0.3) is 0 Å². The SMILES string of the molecule is c1ccc2c(c1)sc1ccccc12.c1ccsc1.c1ccsc1. The summed E-state index contributed by atoms with van der Waals surface area (Å²) < 4.78 is 2.76. The predicted octanol–water partition coefficient (Wildman–Crippen LogP) is 7.55. The van der Waals surface area contributed by atoms with Crippen molar-refractivity contribution in [3.8, 4) is 0 Å². The van der Waals surface area contributed by atoms with Crippen molar-refractivity contribution in [3.63, 3.8) is 0 Å². The molecule has 0 spiro atoms. The highest BCUT2D eigenvalue weighted by Gasteiger charge is 2.01. The predicted molar refractivity (Wildman–Crippen MR) is 108 cm³/mol. The number of fused-ring (bicyclic) bond motifs is 3. The van der Waals surface area contributed by atoms with Gasteiger partial charge in [0.15, 0.2) is 0 Å². The van der Waals surface area contributed by atoms with Gasteiger partial charge < -0.3 is 0 Å². The first-order valence-electron chi connectivity index (χ1n) is 7.26. The molecule has 0 nitrogen and oxygen atoms in total. The van der Waals surface area contributed by atoms with Crippen molar-refractivity contribution in [1.29, 1.82) is 0 Å². The fourth-order valence-electron chi connectivity index (χ4n) is 2.13. The topological polar surface area (TPSA) is 0 Å². The molecule has 0 unspecified atom stereocenters. The molecule has 0 aliphatic rings. The summed E-state index contributed by atoms with van der Waals surface area (Å²) in [5, 5.41) is 10.9. The van der Waals surface area contributed by atoms with E-state index in [-0.39, 0.29) is 0 Å². The lowest BCUT2D eigenvalue weighted by atomic mass is 10.2. The molecular weight excluding hydrogens is 336 g/mol. The van der Waals surface area contributed by atoms with E-state index in [2.05, 4.69) is 48.5 Å². The Bertz CT molecular complexity index is 805. The molecule has 0 saturated heterocycles. The van der Waals surface area contributed by atoms with Crippen LogP contribution >= 0.6 is 34.0 Å². The van der Waals surface area contributed by atoms with Gasteiger partial charge in [0.1, 0.15) is 0 Å². The minimum absolute atomic E-state index is 1.38. The van der Waals surface area contributed by atoms with Gasteiger partial charge >= 0.3 is 0 Å². The van der Waals surface area contributed by atoms with Crippen LogP contribution in [0.25, 0.3) is 20.2 Å². The molecule has 3 aromatic heterocycles. The lowest BCUT2D eigenvalue weighted by molar-refractivity contribution is 1.84. The largest absolute Gasteiger partial charge is 0.152 e. The zero-order valence-corrected chi connectivity index (χ0v) is 14.9. The Balaban J connectivity index is 0.000000128. The summed E-state index contributed by atoms with van der Waals surface area (Å²) in [6.45, 7) is 0. The first-order valence-corrected chi connectivity index (χ1v) is 9.96. The molecular formula is C20H16S3. The van der Waals surface area contributed by atoms with Gasteiger partial charge in [0.2, 0.25) is 0 Å². The van der Waals surface area contributed by atoms with Gasteiger partial charge in [-0.1, -0.05) is 60.7 Å². The normalized spacial score (nSPS) is 9.74. The third-order valence-electron chi connectivity index (χ3n) is 3.13. The molecule has 0 aliphatic carbocycles. The zero-order chi connectivity index (χ0) is 15.7. The average Bonchev–Trinajstić information content (AvgIpc) is 3.38. The minimum atomic E-state index is 1.38. The second kappa shape index (κ2) is 8.63.